The fourth-order valence-corrected chi connectivity index (χ4v) is 3.73. The third kappa shape index (κ3) is 6.35. The van der Waals surface area contributed by atoms with Gasteiger partial charge in [-0.2, -0.15) is 13.2 Å². The molecule has 172 valence electrons. The second-order valence-electron chi connectivity index (χ2n) is 7.61. The van der Waals surface area contributed by atoms with Crippen molar-refractivity contribution < 1.29 is 37.0 Å². The minimum atomic E-state index is -5.08. The molecule has 7 nitrogen and oxygen atoms in total. The molecule has 10 heteroatoms. The molecule has 1 unspecified atom stereocenters. The summed E-state index contributed by atoms with van der Waals surface area (Å²) in [6.07, 6.45) is -5.80. The highest BCUT2D eigenvalue weighted by Crippen LogP contribution is 2.32. The normalized spacial score (nSPS) is 19.8. The summed E-state index contributed by atoms with van der Waals surface area (Å²) in [5, 5.41) is 1.94. The molecule has 1 fully saturated rings. The summed E-state index contributed by atoms with van der Waals surface area (Å²) in [5.74, 6) is -4.06. The van der Waals surface area contributed by atoms with E-state index in [0.717, 1.165) is 5.56 Å². The van der Waals surface area contributed by atoms with E-state index in [1.165, 1.54) is 4.90 Å². The Balaban J connectivity index is 2.26. The Hall–Kier alpha value is -2.78. The fraction of sp³-hybridized carbons (Fsp3) is 0.571. The average molecular weight is 444 g/mol. The molecule has 1 aliphatic heterocycles. The quantitative estimate of drug-likeness (QED) is 0.653. The third-order valence-electron chi connectivity index (χ3n) is 5.11. The molecule has 0 radical (unpaired) electrons. The second-order valence-corrected chi connectivity index (χ2v) is 7.61. The topological polar surface area (TPSA) is 84.9 Å². The van der Waals surface area contributed by atoms with Crippen LogP contribution in [-0.4, -0.2) is 54.3 Å². The van der Waals surface area contributed by atoms with Crippen LogP contribution in [0.2, 0.25) is 0 Å². The number of likely N-dealkylation sites (tertiary alicyclic amines) is 1. The molecule has 3 atom stereocenters. The van der Waals surface area contributed by atoms with Crippen LogP contribution in [0, 0.1) is 11.8 Å². The standard InChI is InChI=1S/C21H27F3N2O5/c1-4-30-18(27)16(13(2)3)17-15(25-19(28)21(22,23)24)10-11-26(17)20(29)31-12-14-8-6-5-7-9-14/h5-9,13,15-17H,4,10-12H2,1-3H3,(H,25,28)/t15-,16?,17-/m1/s1. The van der Waals surface area contributed by atoms with Gasteiger partial charge in [-0.3, -0.25) is 9.59 Å². The zero-order valence-electron chi connectivity index (χ0n) is 17.6. The van der Waals surface area contributed by atoms with E-state index >= 15 is 0 Å². The Morgan fingerprint density at radius 2 is 1.81 bits per heavy atom. The number of alkyl halides is 3. The Morgan fingerprint density at radius 1 is 1.16 bits per heavy atom. The highest BCUT2D eigenvalue weighted by Gasteiger charge is 2.50. The van der Waals surface area contributed by atoms with Crippen LogP contribution in [0.5, 0.6) is 0 Å². The van der Waals surface area contributed by atoms with Crippen molar-refractivity contribution in [1.29, 1.82) is 0 Å². The Kier molecular flexibility index (Phi) is 8.29. The van der Waals surface area contributed by atoms with Crippen LogP contribution in [0.4, 0.5) is 18.0 Å². The van der Waals surface area contributed by atoms with E-state index < -0.39 is 42.1 Å². The lowest BCUT2D eigenvalue weighted by atomic mass is 9.84. The highest BCUT2D eigenvalue weighted by atomic mass is 19.4. The van der Waals surface area contributed by atoms with Gasteiger partial charge in [0, 0.05) is 6.54 Å². The first-order valence-corrected chi connectivity index (χ1v) is 10.1. The van der Waals surface area contributed by atoms with Crippen LogP contribution in [0.15, 0.2) is 30.3 Å². The van der Waals surface area contributed by atoms with E-state index in [2.05, 4.69) is 0 Å². The third-order valence-corrected chi connectivity index (χ3v) is 5.11. The number of carbonyl (C=O) groups excluding carboxylic acids is 3. The van der Waals surface area contributed by atoms with Gasteiger partial charge in [0.25, 0.3) is 0 Å². The molecule has 0 saturated carbocycles. The Morgan fingerprint density at radius 3 is 2.35 bits per heavy atom. The van der Waals surface area contributed by atoms with Crippen LogP contribution in [0.1, 0.15) is 32.8 Å². The zero-order chi connectivity index (χ0) is 23.2. The summed E-state index contributed by atoms with van der Waals surface area (Å²) in [5.41, 5.74) is 0.735. The summed E-state index contributed by atoms with van der Waals surface area (Å²) in [4.78, 5) is 38.2. The van der Waals surface area contributed by atoms with E-state index in [4.69, 9.17) is 9.47 Å². The molecule has 1 saturated heterocycles. The highest BCUT2D eigenvalue weighted by molar-refractivity contribution is 5.83. The van der Waals surface area contributed by atoms with Crippen molar-refractivity contribution in [2.75, 3.05) is 13.2 Å². The number of hydrogen-bond acceptors (Lipinski definition) is 5. The molecule has 2 amide bonds. The number of amides is 2. The number of nitrogens with one attached hydrogen (secondary N) is 1. The molecule has 0 aliphatic carbocycles. The summed E-state index contributed by atoms with van der Waals surface area (Å²) in [6, 6.07) is 6.78. The zero-order valence-corrected chi connectivity index (χ0v) is 17.6. The van der Waals surface area contributed by atoms with E-state index in [-0.39, 0.29) is 32.1 Å². The molecule has 1 aromatic rings. The lowest BCUT2D eigenvalue weighted by Gasteiger charge is -2.35. The number of benzene rings is 1. The first-order chi connectivity index (χ1) is 14.6. The number of nitrogens with zero attached hydrogens (tertiary/aromatic N) is 1. The van der Waals surface area contributed by atoms with Crippen molar-refractivity contribution in [3.63, 3.8) is 0 Å². The number of esters is 1. The maximum atomic E-state index is 12.8. The first kappa shape index (κ1) is 24.5. The lowest BCUT2D eigenvalue weighted by Crippen LogP contribution is -2.55. The van der Waals surface area contributed by atoms with Gasteiger partial charge in [-0.05, 0) is 24.8 Å². The predicted octanol–water partition coefficient (Wildman–Crippen LogP) is 3.28. The van der Waals surface area contributed by atoms with Crippen molar-refractivity contribution in [3.05, 3.63) is 35.9 Å². The van der Waals surface area contributed by atoms with Crippen molar-refractivity contribution in [1.82, 2.24) is 10.2 Å². The van der Waals surface area contributed by atoms with Crippen LogP contribution in [-0.2, 0) is 25.7 Å². The largest absolute Gasteiger partial charge is 0.471 e. The molecule has 1 N–H and O–H groups in total. The van der Waals surface area contributed by atoms with Gasteiger partial charge >= 0.3 is 24.1 Å². The molecule has 31 heavy (non-hydrogen) atoms. The van der Waals surface area contributed by atoms with Crippen molar-refractivity contribution in [2.24, 2.45) is 11.8 Å². The maximum Gasteiger partial charge on any atom is 0.471 e. The maximum absolute atomic E-state index is 12.8. The second kappa shape index (κ2) is 10.5. The lowest BCUT2D eigenvalue weighted by molar-refractivity contribution is -0.175. The molecule has 1 aromatic carbocycles. The van der Waals surface area contributed by atoms with Gasteiger partial charge in [0.2, 0.25) is 0 Å². The Bertz CT molecular complexity index is 770. The van der Waals surface area contributed by atoms with Crippen LogP contribution >= 0.6 is 0 Å². The van der Waals surface area contributed by atoms with Crippen molar-refractivity contribution in [3.8, 4) is 0 Å². The minimum absolute atomic E-state index is 0.0315. The summed E-state index contributed by atoms with van der Waals surface area (Å²) in [7, 11) is 0. The predicted molar refractivity (Wildman–Crippen MR) is 105 cm³/mol. The van der Waals surface area contributed by atoms with Crippen molar-refractivity contribution in [2.45, 2.75) is 52.1 Å². The van der Waals surface area contributed by atoms with Gasteiger partial charge in [-0.1, -0.05) is 44.2 Å². The van der Waals surface area contributed by atoms with Gasteiger partial charge in [-0.25, -0.2) is 4.79 Å². The van der Waals surface area contributed by atoms with E-state index in [1.54, 1.807) is 45.0 Å². The summed E-state index contributed by atoms with van der Waals surface area (Å²) < 4.78 is 48.9. The van der Waals surface area contributed by atoms with Crippen LogP contribution in [0.25, 0.3) is 0 Å². The van der Waals surface area contributed by atoms with Crippen LogP contribution in [0.3, 0.4) is 0 Å². The molecule has 0 spiro atoms. The van der Waals surface area contributed by atoms with Gasteiger partial charge < -0.3 is 19.7 Å². The molecule has 0 aromatic heterocycles. The monoisotopic (exact) mass is 444 g/mol. The smallest absolute Gasteiger partial charge is 0.466 e. The Labute approximate surface area is 178 Å². The van der Waals surface area contributed by atoms with Gasteiger partial charge in [0.05, 0.1) is 24.6 Å². The number of carbonyl (C=O) groups is 3. The van der Waals surface area contributed by atoms with Crippen molar-refractivity contribution >= 4 is 18.0 Å². The molecular formula is C21H27F3N2O5. The average Bonchev–Trinajstić information content (AvgIpc) is 3.09. The molecule has 2 rings (SSSR count). The number of halogens is 3. The SMILES string of the molecule is CCOC(=O)C(C(C)C)[C@H]1[C@H](NC(=O)C(F)(F)F)CCN1C(=O)OCc1ccccc1. The number of hydrogen-bond donors (Lipinski definition) is 1. The summed E-state index contributed by atoms with van der Waals surface area (Å²) in [6.45, 7) is 5.09. The van der Waals surface area contributed by atoms with Gasteiger partial charge in [0.15, 0.2) is 0 Å². The van der Waals surface area contributed by atoms with Gasteiger partial charge in [0.1, 0.15) is 6.61 Å². The van der Waals surface area contributed by atoms with E-state index in [0.29, 0.717) is 0 Å². The first-order valence-electron chi connectivity index (χ1n) is 10.1. The molecular weight excluding hydrogens is 417 g/mol. The molecule has 1 aliphatic rings. The number of ether oxygens (including phenoxy) is 2. The summed E-state index contributed by atoms with van der Waals surface area (Å²) >= 11 is 0. The van der Waals surface area contributed by atoms with Crippen LogP contribution < -0.4 is 5.32 Å². The number of rotatable bonds is 7. The van der Waals surface area contributed by atoms with Gasteiger partial charge in [-0.15, -0.1) is 0 Å². The van der Waals surface area contributed by atoms with E-state index in [9.17, 15) is 27.6 Å². The fourth-order valence-electron chi connectivity index (χ4n) is 3.73. The van der Waals surface area contributed by atoms with E-state index in [1.807, 2.05) is 11.4 Å². The minimum Gasteiger partial charge on any atom is -0.466 e. The molecule has 1 heterocycles. The molecule has 0 bridgehead atoms.